The van der Waals surface area contributed by atoms with E-state index >= 15 is 0 Å². The number of hydrogen-bond donors (Lipinski definition) is 1. The van der Waals surface area contributed by atoms with Gasteiger partial charge >= 0.3 is 0 Å². The highest BCUT2D eigenvalue weighted by molar-refractivity contribution is 5.63. The molecule has 0 unspecified atom stereocenters. The van der Waals surface area contributed by atoms with Crippen molar-refractivity contribution in [2.24, 2.45) is 0 Å². The van der Waals surface area contributed by atoms with Gasteiger partial charge in [-0.1, -0.05) is 17.7 Å². The Bertz CT molecular complexity index is 402. The van der Waals surface area contributed by atoms with Gasteiger partial charge in [-0.15, -0.1) is 0 Å². The maximum atomic E-state index is 4.16. The summed E-state index contributed by atoms with van der Waals surface area (Å²) in [6.07, 6.45) is 1.84. The smallest absolute Gasteiger partial charge is 0.0923 e. The van der Waals surface area contributed by atoms with Crippen LogP contribution in [-0.2, 0) is 0 Å². The lowest BCUT2D eigenvalue weighted by Gasteiger charge is -2.02. The predicted molar refractivity (Wildman–Crippen MR) is 53.5 cm³/mol. The molecule has 1 heterocycles. The number of aromatic nitrogens is 2. The Hall–Kier alpha value is -1.57. The van der Waals surface area contributed by atoms with E-state index in [4.69, 9.17) is 0 Å². The predicted octanol–water partition coefficient (Wildman–Crippen LogP) is 2.69. The minimum absolute atomic E-state index is 1.02. The van der Waals surface area contributed by atoms with E-state index in [9.17, 15) is 0 Å². The van der Waals surface area contributed by atoms with E-state index in [0.29, 0.717) is 0 Å². The van der Waals surface area contributed by atoms with Gasteiger partial charge in [-0.2, -0.15) is 5.10 Å². The van der Waals surface area contributed by atoms with Gasteiger partial charge < -0.3 is 0 Å². The molecule has 0 amide bonds. The Morgan fingerprint density at radius 2 is 2.00 bits per heavy atom. The van der Waals surface area contributed by atoms with E-state index in [1.165, 1.54) is 16.7 Å². The Labute approximate surface area is 77.6 Å². The van der Waals surface area contributed by atoms with E-state index in [1.807, 2.05) is 12.3 Å². The fourth-order valence-electron chi connectivity index (χ4n) is 1.42. The Morgan fingerprint density at radius 1 is 1.15 bits per heavy atom. The number of aryl methyl sites for hydroxylation is 2. The molecule has 0 aliphatic heterocycles. The summed E-state index contributed by atoms with van der Waals surface area (Å²) in [5, 5.41) is 6.99. The van der Waals surface area contributed by atoms with Crippen LogP contribution in [-0.4, -0.2) is 10.2 Å². The van der Waals surface area contributed by atoms with Gasteiger partial charge in [0.15, 0.2) is 0 Å². The van der Waals surface area contributed by atoms with Crippen molar-refractivity contribution in [1.29, 1.82) is 0 Å². The zero-order valence-electron chi connectivity index (χ0n) is 7.83. The van der Waals surface area contributed by atoms with Crippen molar-refractivity contribution in [2.75, 3.05) is 0 Å². The summed E-state index contributed by atoms with van der Waals surface area (Å²) in [6.45, 7) is 4.19. The molecule has 0 radical (unpaired) electrons. The molecule has 1 aromatic carbocycles. The molecular weight excluding hydrogens is 160 g/mol. The molecule has 0 aliphatic rings. The number of H-pyrrole nitrogens is 1. The molecule has 0 spiro atoms. The minimum Gasteiger partial charge on any atom is -0.285 e. The molecule has 0 atom stereocenters. The van der Waals surface area contributed by atoms with Crippen LogP contribution in [0, 0.1) is 13.8 Å². The molecule has 2 rings (SSSR count). The monoisotopic (exact) mass is 172 g/mol. The van der Waals surface area contributed by atoms with Crippen molar-refractivity contribution < 1.29 is 0 Å². The SMILES string of the molecule is Cc1ccc(C)c(-c2cc[nH]n2)c1. The summed E-state index contributed by atoms with van der Waals surface area (Å²) < 4.78 is 0. The zero-order chi connectivity index (χ0) is 9.26. The van der Waals surface area contributed by atoms with Crippen LogP contribution in [0.2, 0.25) is 0 Å². The first-order chi connectivity index (χ1) is 6.27. The van der Waals surface area contributed by atoms with E-state index in [2.05, 4.69) is 42.2 Å². The van der Waals surface area contributed by atoms with Crippen LogP contribution in [0.25, 0.3) is 11.3 Å². The molecule has 0 fully saturated rings. The Balaban J connectivity index is 2.57. The molecular formula is C11H12N2. The summed E-state index contributed by atoms with van der Waals surface area (Å²) in [4.78, 5) is 0. The number of rotatable bonds is 1. The van der Waals surface area contributed by atoms with Crippen molar-refractivity contribution >= 4 is 0 Å². The quantitative estimate of drug-likeness (QED) is 0.704. The lowest BCUT2D eigenvalue weighted by Crippen LogP contribution is -1.84. The normalized spacial score (nSPS) is 10.3. The van der Waals surface area contributed by atoms with E-state index < -0.39 is 0 Å². The fourth-order valence-corrected chi connectivity index (χ4v) is 1.42. The van der Waals surface area contributed by atoms with E-state index in [1.54, 1.807) is 0 Å². The van der Waals surface area contributed by atoms with Gasteiger partial charge in [-0.25, -0.2) is 0 Å². The third-order valence-electron chi connectivity index (χ3n) is 2.17. The van der Waals surface area contributed by atoms with Gasteiger partial charge in [0.2, 0.25) is 0 Å². The number of aromatic amines is 1. The number of nitrogens with zero attached hydrogens (tertiary/aromatic N) is 1. The Morgan fingerprint density at radius 3 is 2.69 bits per heavy atom. The zero-order valence-corrected chi connectivity index (χ0v) is 7.83. The van der Waals surface area contributed by atoms with E-state index in [-0.39, 0.29) is 0 Å². The molecule has 0 aliphatic carbocycles. The van der Waals surface area contributed by atoms with Crippen LogP contribution in [0.15, 0.2) is 30.5 Å². The van der Waals surface area contributed by atoms with Gasteiger partial charge in [0.1, 0.15) is 0 Å². The lowest BCUT2D eigenvalue weighted by molar-refractivity contribution is 1.09. The highest BCUT2D eigenvalue weighted by Gasteiger charge is 2.02. The molecule has 0 saturated carbocycles. The summed E-state index contributed by atoms with van der Waals surface area (Å²) in [6, 6.07) is 8.39. The molecule has 2 nitrogen and oxygen atoms in total. The van der Waals surface area contributed by atoms with E-state index in [0.717, 1.165) is 5.69 Å². The first kappa shape index (κ1) is 8.05. The van der Waals surface area contributed by atoms with Crippen LogP contribution < -0.4 is 0 Å². The molecule has 13 heavy (non-hydrogen) atoms. The Kier molecular flexibility index (Phi) is 1.89. The molecule has 0 saturated heterocycles. The van der Waals surface area contributed by atoms with Gasteiger partial charge in [0, 0.05) is 11.8 Å². The van der Waals surface area contributed by atoms with Gasteiger partial charge in [-0.3, -0.25) is 5.10 Å². The lowest BCUT2D eigenvalue weighted by atomic mass is 10.0. The highest BCUT2D eigenvalue weighted by Crippen LogP contribution is 2.21. The molecule has 0 bridgehead atoms. The van der Waals surface area contributed by atoms with Crippen molar-refractivity contribution in [1.82, 2.24) is 10.2 Å². The summed E-state index contributed by atoms with van der Waals surface area (Å²) in [5.41, 5.74) is 4.75. The maximum Gasteiger partial charge on any atom is 0.0923 e. The molecule has 1 aromatic heterocycles. The van der Waals surface area contributed by atoms with Crippen LogP contribution in [0.5, 0.6) is 0 Å². The largest absolute Gasteiger partial charge is 0.285 e. The maximum absolute atomic E-state index is 4.16. The highest BCUT2D eigenvalue weighted by atomic mass is 15.1. The second-order valence-corrected chi connectivity index (χ2v) is 3.28. The molecule has 1 N–H and O–H groups in total. The summed E-state index contributed by atoms with van der Waals surface area (Å²) in [7, 11) is 0. The van der Waals surface area contributed by atoms with Crippen LogP contribution in [0.4, 0.5) is 0 Å². The average Bonchev–Trinajstić information content (AvgIpc) is 2.61. The van der Waals surface area contributed by atoms with Crippen molar-refractivity contribution in [2.45, 2.75) is 13.8 Å². The third-order valence-corrected chi connectivity index (χ3v) is 2.17. The first-order valence-electron chi connectivity index (χ1n) is 4.35. The molecule has 2 heteroatoms. The number of hydrogen-bond acceptors (Lipinski definition) is 1. The van der Waals surface area contributed by atoms with Gasteiger partial charge in [0.25, 0.3) is 0 Å². The number of benzene rings is 1. The van der Waals surface area contributed by atoms with Crippen molar-refractivity contribution in [3.05, 3.63) is 41.6 Å². The van der Waals surface area contributed by atoms with Crippen LogP contribution in [0.3, 0.4) is 0 Å². The second kappa shape index (κ2) is 3.05. The minimum atomic E-state index is 1.02. The second-order valence-electron chi connectivity index (χ2n) is 3.28. The van der Waals surface area contributed by atoms with Gasteiger partial charge in [-0.05, 0) is 31.5 Å². The van der Waals surface area contributed by atoms with Crippen molar-refractivity contribution in [3.63, 3.8) is 0 Å². The summed E-state index contributed by atoms with van der Waals surface area (Å²) >= 11 is 0. The fraction of sp³-hybridized carbons (Fsp3) is 0.182. The average molecular weight is 172 g/mol. The molecule has 66 valence electrons. The van der Waals surface area contributed by atoms with Crippen LogP contribution in [0.1, 0.15) is 11.1 Å². The standard InChI is InChI=1S/C11H12N2/c1-8-3-4-9(2)10(7-8)11-5-6-12-13-11/h3-7H,1-2H3,(H,12,13). The van der Waals surface area contributed by atoms with Crippen molar-refractivity contribution in [3.8, 4) is 11.3 Å². The number of nitrogens with one attached hydrogen (secondary N) is 1. The van der Waals surface area contributed by atoms with Gasteiger partial charge in [0.05, 0.1) is 5.69 Å². The third kappa shape index (κ3) is 1.47. The topological polar surface area (TPSA) is 28.7 Å². The first-order valence-corrected chi connectivity index (χ1v) is 4.35. The molecule has 2 aromatic rings. The summed E-state index contributed by atoms with van der Waals surface area (Å²) in [5.74, 6) is 0. The van der Waals surface area contributed by atoms with Crippen LogP contribution >= 0.6 is 0 Å².